The first-order valence-corrected chi connectivity index (χ1v) is 10.5. The van der Waals surface area contributed by atoms with E-state index in [0.29, 0.717) is 11.9 Å². The van der Waals surface area contributed by atoms with Crippen molar-refractivity contribution in [1.82, 2.24) is 14.7 Å². The van der Waals surface area contributed by atoms with Crippen molar-refractivity contribution in [2.24, 2.45) is 0 Å². The molecule has 0 fully saturated rings. The van der Waals surface area contributed by atoms with E-state index in [-0.39, 0.29) is 18.0 Å². The number of aromatic nitrogens is 2. The molecule has 3 aromatic carbocycles. The Hall–Kier alpha value is -3.51. The number of aryl methyl sites for hydroxylation is 2. The molecule has 4 aromatic rings. The molecule has 0 spiro atoms. The summed E-state index contributed by atoms with van der Waals surface area (Å²) in [5, 5.41) is 6.23. The Balaban J connectivity index is 1.73. The standard InChI is InChI=1S/C26H26FN3O2/c1-17-9-10-18(2)22(13-17)25-20-7-5-6-8-21(20)26(31)30(28-25)16-29(3)15-19-11-12-24(32-4)23(27)14-19/h5-14H,15-16H2,1-4H3. The summed E-state index contributed by atoms with van der Waals surface area (Å²) in [4.78, 5) is 15.1. The lowest BCUT2D eigenvalue weighted by atomic mass is 9.99. The van der Waals surface area contributed by atoms with Crippen LogP contribution in [-0.2, 0) is 13.2 Å². The summed E-state index contributed by atoms with van der Waals surface area (Å²) in [6.45, 7) is 4.82. The molecule has 164 valence electrons. The molecule has 0 saturated carbocycles. The molecule has 0 N–H and O–H groups in total. The Morgan fingerprint density at radius 3 is 2.50 bits per heavy atom. The third kappa shape index (κ3) is 4.27. The molecule has 32 heavy (non-hydrogen) atoms. The van der Waals surface area contributed by atoms with Crippen molar-refractivity contribution in [3.05, 3.63) is 93.5 Å². The van der Waals surface area contributed by atoms with Crippen LogP contribution >= 0.6 is 0 Å². The molecule has 0 aliphatic carbocycles. The van der Waals surface area contributed by atoms with Gasteiger partial charge in [0.25, 0.3) is 5.56 Å². The number of rotatable bonds is 6. The maximum atomic E-state index is 14.1. The average Bonchev–Trinajstić information content (AvgIpc) is 2.77. The maximum absolute atomic E-state index is 14.1. The molecule has 5 nitrogen and oxygen atoms in total. The highest BCUT2D eigenvalue weighted by atomic mass is 19.1. The Morgan fingerprint density at radius 2 is 1.78 bits per heavy atom. The number of fused-ring (bicyclic) bond motifs is 1. The molecule has 1 heterocycles. The summed E-state index contributed by atoms with van der Waals surface area (Å²) in [5.74, 6) is -0.196. The van der Waals surface area contributed by atoms with Crippen molar-refractivity contribution in [3.63, 3.8) is 0 Å². The lowest BCUT2D eigenvalue weighted by Gasteiger charge is -2.19. The number of methoxy groups -OCH3 is 1. The zero-order chi connectivity index (χ0) is 22.8. The van der Waals surface area contributed by atoms with Crippen LogP contribution in [0.5, 0.6) is 5.75 Å². The van der Waals surface area contributed by atoms with E-state index in [1.807, 2.05) is 56.1 Å². The predicted octanol–water partition coefficient (Wildman–Crippen LogP) is 4.92. The van der Waals surface area contributed by atoms with Crippen molar-refractivity contribution in [3.8, 4) is 17.0 Å². The van der Waals surface area contributed by atoms with E-state index in [1.165, 1.54) is 17.9 Å². The summed E-state index contributed by atoms with van der Waals surface area (Å²) < 4.78 is 20.5. The van der Waals surface area contributed by atoms with Crippen LogP contribution in [0.2, 0.25) is 0 Å². The van der Waals surface area contributed by atoms with Gasteiger partial charge in [-0.15, -0.1) is 0 Å². The molecule has 0 amide bonds. The number of hydrogen-bond acceptors (Lipinski definition) is 4. The number of nitrogens with zero attached hydrogens (tertiary/aromatic N) is 3. The topological polar surface area (TPSA) is 47.4 Å². The molecular weight excluding hydrogens is 405 g/mol. The normalized spacial score (nSPS) is 11.3. The van der Waals surface area contributed by atoms with Crippen LogP contribution in [0.3, 0.4) is 0 Å². The van der Waals surface area contributed by atoms with Gasteiger partial charge in [-0.25, -0.2) is 9.07 Å². The van der Waals surface area contributed by atoms with Gasteiger partial charge in [-0.3, -0.25) is 9.69 Å². The van der Waals surface area contributed by atoms with Gasteiger partial charge in [-0.2, -0.15) is 5.10 Å². The Kier molecular flexibility index (Phi) is 6.06. The fourth-order valence-corrected chi connectivity index (χ4v) is 3.92. The minimum absolute atomic E-state index is 0.151. The van der Waals surface area contributed by atoms with Gasteiger partial charge in [0, 0.05) is 17.5 Å². The second kappa shape index (κ2) is 8.93. The van der Waals surface area contributed by atoms with Gasteiger partial charge in [-0.05, 0) is 56.3 Å². The number of halogens is 1. The van der Waals surface area contributed by atoms with Gasteiger partial charge in [0.05, 0.1) is 24.9 Å². The monoisotopic (exact) mass is 431 g/mol. The Labute approximate surface area is 186 Å². The van der Waals surface area contributed by atoms with Crippen molar-refractivity contribution in [2.75, 3.05) is 14.2 Å². The van der Waals surface area contributed by atoms with Crippen LogP contribution in [0.25, 0.3) is 22.0 Å². The van der Waals surface area contributed by atoms with E-state index in [1.54, 1.807) is 6.07 Å². The highest BCUT2D eigenvalue weighted by Gasteiger charge is 2.15. The number of benzene rings is 3. The molecule has 0 aliphatic rings. The van der Waals surface area contributed by atoms with Gasteiger partial charge >= 0.3 is 0 Å². The molecule has 0 aliphatic heterocycles. The lowest BCUT2D eigenvalue weighted by Crippen LogP contribution is -2.32. The lowest BCUT2D eigenvalue weighted by molar-refractivity contribution is 0.241. The second-order valence-electron chi connectivity index (χ2n) is 8.14. The summed E-state index contributed by atoms with van der Waals surface area (Å²) in [6.07, 6.45) is 0. The van der Waals surface area contributed by atoms with Crippen LogP contribution < -0.4 is 10.3 Å². The van der Waals surface area contributed by atoms with E-state index < -0.39 is 5.82 Å². The van der Waals surface area contributed by atoms with Gasteiger partial charge in [0.2, 0.25) is 0 Å². The van der Waals surface area contributed by atoms with Gasteiger partial charge in [0.15, 0.2) is 11.6 Å². The molecule has 4 rings (SSSR count). The van der Waals surface area contributed by atoms with E-state index in [2.05, 4.69) is 18.2 Å². The van der Waals surface area contributed by atoms with E-state index in [0.717, 1.165) is 33.3 Å². The van der Waals surface area contributed by atoms with Crippen molar-refractivity contribution in [2.45, 2.75) is 27.1 Å². The maximum Gasteiger partial charge on any atom is 0.275 e. The summed E-state index contributed by atoms with van der Waals surface area (Å²) in [5.41, 5.74) is 4.66. The number of ether oxygens (including phenoxy) is 1. The van der Waals surface area contributed by atoms with Crippen LogP contribution in [0.15, 0.2) is 65.5 Å². The van der Waals surface area contributed by atoms with E-state index in [9.17, 15) is 9.18 Å². The first kappa shape index (κ1) is 21.7. The summed E-state index contributed by atoms with van der Waals surface area (Å²) in [6, 6.07) is 18.7. The SMILES string of the molecule is COc1ccc(CN(C)Cn2nc(-c3cc(C)ccc3C)c3ccccc3c2=O)cc1F. The van der Waals surface area contributed by atoms with Crippen molar-refractivity contribution >= 4 is 10.8 Å². The van der Waals surface area contributed by atoms with Crippen molar-refractivity contribution < 1.29 is 9.13 Å². The molecule has 1 aromatic heterocycles. The molecule has 0 radical (unpaired) electrons. The van der Waals surface area contributed by atoms with E-state index >= 15 is 0 Å². The highest BCUT2D eigenvalue weighted by molar-refractivity contribution is 5.94. The first-order valence-electron chi connectivity index (χ1n) is 10.5. The van der Waals surface area contributed by atoms with E-state index in [4.69, 9.17) is 9.84 Å². The highest BCUT2D eigenvalue weighted by Crippen LogP contribution is 2.28. The average molecular weight is 432 g/mol. The van der Waals surface area contributed by atoms with Crippen LogP contribution in [0, 0.1) is 19.7 Å². The molecule has 0 saturated heterocycles. The van der Waals surface area contributed by atoms with Crippen LogP contribution in [0.4, 0.5) is 4.39 Å². The fraction of sp³-hybridized carbons (Fsp3) is 0.231. The minimum atomic E-state index is -0.406. The molecule has 0 bridgehead atoms. The summed E-state index contributed by atoms with van der Waals surface area (Å²) in [7, 11) is 3.32. The first-order chi connectivity index (χ1) is 15.4. The minimum Gasteiger partial charge on any atom is -0.494 e. The number of hydrogen-bond donors (Lipinski definition) is 0. The van der Waals surface area contributed by atoms with Crippen LogP contribution in [-0.4, -0.2) is 28.8 Å². The molecular formula is C26H26FN3O2. The second-order valence-corrected chi connectivity index (χ2v) is 8.14. The quantitative estimate of drug-likeness (QED) is 0.435. The third-order valence-corrected chi connectivity index (χ3v) is 5.56. The fourth-order valence-electron chi connectivity index (χ4n) is 3.92. The van der Waals surface area contributed by atoms with Crippen LogP contribution in [0.1, 0.15) is 16.7 Å². The van der Waals surface area contributed by atoms with Crippen molar-refractivity contribution in [1.29, 1.82) is 0 Å². The molecule has 6 heteroatoms. The Morgan fingerprint density at radius 1 is 1.03 bits per heavy atom. The molecule has 0 unspecified atom stereocenters. The van der Waals surface area contributed by atoms with Gasteiger partial charge in [0.1, 0.15) is 0 Å². The third-order valence-electron chi connectivity index (χ3n) is 5.56. The smallest absolute Gasteiger partial charge is 0.275 e. The molecule has 0 atom stereocenters. The van der Waals surface area contributed by atoms with Gasteiger partial charge < -0.3 is 4.74 Å². The Bertz CT molecular complexity index is 1350. The zero-order valence-electron chi connectivity index (χ0n) is 18.7. The summed E-state index contributed by atoms with van der Waals surface area (Å²) >= 11 is 0. The predicted molar refractivity (Wildman–Crippen MR) is 125 cm³/mol. The largest absolute Gasteiger partial charge is 0.494 e. The van der Waals surface area contributed by atoms with Gasteiger partial charge in [-0.1, -0.05) is 42.0 Å². The zero-order valence-corrected chi connectivity index (χ0v) is 18.7.